The van der Waals surface area contributed by atoms with Gasteiger partial charge in [0, 0.05) is 21.5 Å². The van der Waals surface area contributed by atoms with Gasteiger partial charge in [0.05, 0.1) is 37.6 Å². The highest BCUT2D eigenvalue weighted by atomic mass is 32.2. The maximum Gasteiger partial charge on any atom is 0.322 e. The number of sulfonamides is 2. The molecule has 1 aromatic heterocycles. The Morgan fingerprint density at radius 1 is 0.692 bits per heavy atom. The van der Waals surface area contributed by atoms with Crippen LogP contribution in [0.25, 0.3) is 21.5 Å². The van der Waals surface area contributed by atoms with Gasteiger partial charge >= 0.3 is 11.9 Å². The van der Waals surface area contributed by atoms with Crippen LogP contribution in [0.3, 0.4) is 0 Å². The molecule has 0 aliphatic heterocycles. The fourth-order valence-corrected chi connectivity index (χ4v) is 9.89. The molecule has 52 heavy (non-hydrogen) atoms. The van der Waals surface area contributed by atoms with E-state index in [0.717, 1.165) is 29.0 Å². The molecule has 18 heteroatoms. The fraction of sp³-hybridized carbons (Fsp3) is 0.0588. The zero-order valence-corrected chi connectivity index (χ0v) is 31.0. The van der Waals surface area contributed by atoms with Crippen molar-refractivity contribution in [2.75, 3.05) is 20.9 Å². The van der Waals surface area contributed by atoms with Gasteiger partial charge in [-0.1, -0.05) is 77.5 Å². The predicted octanol–water partition coefficient (Wildman–Crippen LogP) is 5.20. The van der Waals surface area contributed by atoms with Crippen molar-refractivity contribution in [3.8, 4) is 16.6 Å². The van der Waals surface area contributed by atoms with E-state index >= 15 is 0 Å². The second-order valence-electron chi connectivity index (χ2n) is 11.2. The number of phenols is 2. The van der Waals surface area contributed by atoms with Crippen molar-refractivity contribution in [2.24, 2.45) is 0 Å². The molecule has 0 aliphatic rings. The zero-order chi connectivity index (χ0) is 37.2. The number of carboxylic acid groups (broad SMARTS) is 1. The Morgan fingerprint density at radius 3 is 1.73 bits per heavy atom. The highest BCUT2D eigenvalue weighted by molar-refractivity contribution is 8.00. The van der Waals surface area contributed by atoms with Crippen molar-refractivity contribution in [1.29, 1.82) is 0 Å². The molecule has 266 valence electrons. The first-order valence-electron chi connectivity index (χ1n) is 15.1. The lowest BCUT2D eigenvalue weighted by molar-refractivity contribution is -0.134. The van der Waals surface area contributed by atoms with E-state index in [1.807, 2.05) is 7.85 Å². The lowest BCUT2D eigenvalue weighted by atomic mass is 9.97. The van der Waals surface area contributed by atoms with Gasteiger partial charge in [0.15, 0.2) is 5.06 Å². The summed E-state index contributed by atoms with van der Waals surface area (Å²) < 4.78 is 63.5. The molecule has 6 aromatic rings. The summed E-state index contributed by atoms with van der Waals surface area (Å²) in [6, 6.07) is 24.8. The van der Waals surface area contributed by atoms with Gasteiger partial charge in [-0.05, 0) is 36.4 Å². The summed E-state index contributed by atoms with van der Waals surface area (Å²) in [6.07, 6.45) is 0. The Hall–Kier alpha value is -4.88. The van der Waals surface area contributed by atoms with E-state index in [1.54, 1.807) is 60.7 Å². The Morgan fingerprint density at radius 2 is 1.19 bits per heavy atom. The Labute approximate surface area is 311 Å². The number of thiophene rings is 1. The first-order chi connectivity index (χ1) is 24.7. The minimum atomic E-state index is -4.23. The number of carbonyl (C=O) groups excluding carboxylic acids is 1. The molecule has 6 rings (SSSR count). The summed E-state index contributed by atoms with van der Waals surface area (Å²) in [5, 5.41) is 32.3. The van der Waals surface area contributed by atoms with Crippen molar-refractivity contribution < 1.29 is 46.5 Å². The Kier molecular flexibility index (Phi) is 10.6. The normalized spacial score (nSPS) is 11.8. The van der Waals surface area contributed by atoms with E-state index in [0.29, 0.717) is 32.9 Å². The second-order valence-corrected chi connectivity index (χ2v) is 17.8. The van der Waals surface area contributed by atoms with Crippen LogP contribution in [0.1, 0.15) is 0 Å². The molecule has 1 heterocycles. The molecule has 0 bridgehead atoms. The number of rotatable bonds is 13. The maximum absolute atomic E-state index is 13.4. The first kappa shape index (κ1) is 36.9. The van der Waals surface area contributed by atoms with Crippen molar-refractivity contribution >= 4 is 113 Å². The van der Waals surface area contributed by atoms with Crippen LogP contribution in [0.4, 0.5) is 11.4 Å². The summed E-state index contributed by atoms with van der Waals surface area (Å²) in [5.74, 6) is -2.88. The summed E-state index contributed by atoms with van der Waals surface area (Å²) in [5.41, 5.74) is 1.20. The molecule has 0 atom stereocenters. The number of phenolic OH excluding ortho intramolecular Hbond substituents is 2. The number of aliphatic carboxylic acids is 1. The Balaban J connectivity index is 1.17. The van der Waals surface area contributed by atoms with Crippen molar-refractivity contribution in [2.45, 2.75) is 18.9 Å². The third-order valence-electron chi connectivity index (χ3n) is 7.51. The molecular formula is C34H27BN2O10S5. The SMILES string of the molecule is Bc1ccc(S(=O)(=O)Nc2cc(SCC(=O)Oc3ccc(S(=O)(=O)Nc4cc(SCC(=O)O)c(O)c5ccccc45)s3)c(O)c3ccccc23)cc1. The molecule has 0 spiro atoms. The molecule has 0 radical (unpaired) electrons. The number of carboxylic acids is 1. The zero-order valence-electron chi connectivity index (χ0n) is 26.9. The number of esters is 1. The number of benzene rings is 5. The molecule has 0 fully saturated rings. The van der Waals surface area contributed by atoms with Crippen LogP contribution in [0.5, 0.6) is 16.6 Å². The third kappa shape index (κ3) is 8.10. The number of anilines is 2. The van der Waals surface area contributed by atoms with Crippen LogP contribution >= 0.6 is 34.9 Å². The average Bonchev–Trinajstić information content (AvgIpc) is 3.59. The van der Waals surface area contributed by atoms with Gasteiger partial charge in [0.25, 0.3) is 20.0 Å². The van der Waals surface area contributed by atoms with Crippen molar-refractivity contribution in [3.63, 3.8) is 0 Å². The van der Waals surface area contributed by atoms with E-state index < -0.39 is 32.0 Å². The molecule has 0 amide bonds. The smallest absolute Gasteiger partial charge is 0.322 e. The Bertz CT molecular complexity index is 2580. The topological polar surface area (TPSA) is 196 Å². The fourth-order valence-electron chi connectivity index (χ4n) is 5.09. The largest absolute Gasteiger partial charge is 0.506 e. The average molecular weight is 795 g/mol. The van der Waals surface area contributed by atoms with Crippen LogP contribution in [0.2, 0.25) is 0 Å². The number of hydrogen-bond acceptors (Lipinski definition) is 12. The molecule has 0 saturated carbocycles. The van der Waals surface area contributed by atoms with E-state index in [2.05, 4.69) is 9.44 Å². The van der Waals surface area contributed by atoms with E-state index in [4.69, 9.17) is 9.84 Å². The maximum atomic E-state index is 13.4. The van der Waals surface area contributed by atoms with Gasteiger partial charge in [0.1, 0.15) is 23.6 Å². The standard InChI is InChI=1S/C34H27BN2O10S5/c35-19-9-11-20(12-10-19)51(43,44)36-25-15-28(34(42)23-7-3-1-5-21(23)25)49-18-30(40)47-31-13-14-32(50-31)52(45,46)37-26-16-27(48-17-29(38)39)33(41)24-8-4-2-6-22(24)26/h1-16,36-37,41-42H,17-18,35H2,(H,38,39). The first-order valence-corrected chi connectivity index (χ1v) is 20.9. The number of carbonyl (C=O) groups is 2. The monoisotopic (exact) mass is 794 g/mol. The molecule has 5 N–H and O–H groups in total. The number of thioether (sulfide) groups is 2. The van der Waals surface area contributed by atoms with Crippen LogP contribution in [-0.2, 0) is 29.6 Å². The molecule has 0 saturated heterocycles. The van der Waals surface area contributed by atoms with Gasteiger partial charge in [-0.2, -0.15) is 0 Å². The van der Waals surface area contributed by atoms with Gasteiger partial charge < -0.3 is 20.1 Å². The lowest BCUT2D eigenvalue weighted by Crippen LogP contribution is -2.14. The molecule has 0 unspecified atom stereocenters. The van der Waals surface area contributed by atoms with Crippen molar-refractivity contribution in [3.05, 3.63) is 97.1 Å². The van der Waals surface area contributed by atoms with Crippen LogP contribution in [-0.4, -0.2) is 63.4 Å². The highest BCUT2D eigenvalue weighted by Crippen LogP contribution is 2.42. The molecule has 0 aliphatic carbocycles. The minimum Gasteiger partial charge on any atom is -0.506 e. The van der Waals surface area contributed by atoms with Gasteiger partial charge in [-0.3, -0.25) is 19.0 Å². The van der Waals surface area contributed by atoms with Crippen LogP contribution < -0.4 is 19.6 Å². The summed E-state index contributed by atoms with van der Waals surface area (Å²) in [6.45, 7) is 0. The third-order valence-corrected chi connectivity index (χ3v) is 13.7. The number of fused-ring (bicyclic) bond motifs is 2. The molecule has 12 nitrogen and oxygen atoms in total. The minimum absolute atomic E-state index is 0.0199. The second kappa shape index (κ2) is 15.0. The highest BCUT2D eigenvalue weighted by Gasteiger charge is 2.23. The summed E-state index contributed by atoms with van der Waals surface area (Å²) in [4.78, 5) is 24.5. The van der Waals surface area contributed by atoms with Crippen LogP contribution in [0, 0.1) is 0 Å². The van der Waals surface area contributed by atoms with E-state index in [1.165, 1.54) is 36.4 Å². The molecule has 5 aromatic carbocycles. The number of nitrogens with one attached hydrogen (secondary N) is 2. The van der Waals surface area contributed by atoms with Gasteiger partial charge in [0.2, 0.25) is 0 Å². The van der Waals surface area contributed by atoms with Gasteiger partial charge in [-0.15, -0.1) is 23.5 Å². The quantitative estimate of drug-likeness (QED) is 0.0445. The number of hydrogen-bond donors (Lipinski definition) is 5. The number of ether oxygens (including phenoxy) is 1. The lowest BCUT2D eigenvalue weighted by Gasteiger charge is -2.15. The molecular weight excluding hydrogens is 768 g/mol. The van der Waals surface area contributed by atoms with E-state index in [9.17, 15) is 36.6 Å². The van der Waals surface area contributed by atoms with Crippen LogP contribution in [0.15, 0.2) is 116 Å². The summed E-state index contributed by atoms with van der Waals surface area (Å²) in [7, 11) is -6.38. The van der Waals surface area contributed by atoms with Gasteiger partial charge in [-0.25, -0.2) is 16.8 Å². The number of aromatic hydroxyl groups is 2. The summed E-state index contributed by atoms with van der Waals surface area (Å²) >= 11 is 2.43. The predicted molar refractivity (Wildman–Crippen MR) is 207 cm³/mol. The van der Waals surface area contributed by atoms with E-state index in [-0.39, 0.29) is 58.3 Å². The van der Waals surface area contributed by atoms with Crippen molar-refractivity contribution in [1.82, 2.24) is 0 Å².